The fourth-order valence-corrected chi connectivity index (χ4v) is 2.77. The number of benzene rings is 1. The van der Waals surface area contributed by atoms with E-state index in [2.05, 4.69) is 9.97 Å². The van der Waals surface area contributed by atoms with E-state index in [1.165, 1.54) is 12.3 Å². The molecule has 6 nitrogen and oxygen atoms in total. The molecule has 0 fully saturated rings. The van der Waals surface area contributed by atoms with Crippen molar-refractivity contribution >= 4 is 32.8 Å². The van der Waals surface area contributed by atoms with Gasteiger partial charge in [-0.3, -0.25) is 0 Å². The molecule has 0 spiro atoms. The lowest BCUT2D eigenvalue weighted by molar-refractivity contribution is 0.424. The molecule has 3 rings (SSSR count). The van der Waals surface area contributed by atoms with Gasteiger partial charge in [-0.15, -0.1) is 0 Å². The van der Waals surface area contributed by atoms with E-state index in [9.17, 15) is 17.2 Å². The first-order chi connectivity index (χ1) is 10.8. The summed E-state index contributed by atoms with van der Waals surface area (Å²) in [6, 6.07) is 4.13. The number of fused-ring (bicyclic) bond motifs is 1. The average Bonchev–Trinajstić information content (AvgIpc) is 2.84. The van der Waals surface area contributed by atoms with Gasteiger partial charge >= 0.3 is 0 Å². The van der Waals surface area contributed by atoms with Crippen molar-refractivity contribution in [2.24, 2.45) is 0 Å². The maximum Gasteiger partial charge on any atom is 0.258 e. The van der Waals surface area contributed by atoms with Crippen LogP contribution in [0.15, 0.2) is 30.5 Å². The summed E-state index contributed by atoms with van der Waals surface area (Å²) in [6.07, 6.45) is 2.26. The lowest BCUT2D eigenvalue weighted by Crippen LogP contribution is -2.09. The van der Waals surface area contributed by atoms with Gasteiger partial charge in [-0.05, 0) is 18.2 Å². The Morgan fingerprint density at radius 2 is 1.96 bits per heavy atom. The van der Waals surface area contributed by atoms with Crippen molar-refractivity contribution in [3.63, 3.8) is 0 Å². The van der Waals surface area contributed by atoms with Crippen LogP contribution in [0.5, 0.6) is 11.6 Å². The van der Waals surface area contributed by atoms with Crippen LogP contribution in [0.4, 0.5) is 8.78 Å². The third-order valence-corrected chi connectivity index (χ3v) is 4.12. The number of hydrogen-bond donors (Lipinski definition) is 0. The number of aromatic nitrogens is 3. The summed E-state index contributed by atoms with van der Waals surface area (Å²) in [5.41, 5.74) is 0.210. The molecular weight excluding hydrogens is 352 g/mol. The Morgan fingerprint density at radius 1 is 1.22 bits per heavy atom. The van der Waals surface area contributed by atoms with Crippen LogP contribution in [0.2, 0.25) is 5.15 Å². The molecule has 10 heteroatoms. The molecule has 0 atom stereocenters. The summed E-state index contributed by atoms with van der Waals surface area (Å²) in [5, 5.41) is -0.259. The first kappa shape index (κ1) is 15.6. The Labute approximate surface area is 134 Å². The molecule has 0 radical (unpaired) electrons. The number of rotatable bonds is 3. The predicted molar refractivity (Wildman–Crippen MR) is 79.2 cm³/mol. The Kier molecular flexibility index (Phi) is 3.69. The molecule has 0 aliphatic heterocycles. The van der Waals surface area contributed by atoms with Gasteiger partial charge in [0.05, 0.1) is 6.26 Å². The Hall–Kier alpha value is -2.26. The van der Waals surface area contributed by atoms with E-state index >= 15 is 0 Å². The zero-order chi connectivity index (χ0) is 16.8. The molecule has 2 heterocycles. The zero-order valence-electron chi connectivity index (χ0n) is 11.5. The Bertz CT molecular complexity index is 1020. The standard InChI is InChI=1S/C13H8ClF2N3O3S/c1-23(20,21)19-5-4-9-12(19)18-11(14)13(17-9)22-10-3-2-7(15)6-8(10)16/h2-6H,1H3. The molecule has 0 saturated heterocycles. The second-order valence-electron chi connectivity index (χ2n) is 4.58. The molecule has 0 N–H and O–H groups in total. The summed E-state index contributed by atoms with van der Waals surface area (Å²) in [5.74, 6) is -2.20. The highest BCUT2D eigenvalue weighted by Gasteiger charge is 2.17. The van der Waals surface area contributed by atoms with Crippen LogP contribution in [0.25, 0.3) is 11.2 Å². The lowest BCUT2D eigenvalue weighted by Gasteiger charge is -2.08. The average molecular weight is 360 g/mol. The maximum atomic E-state index is 13.6. The number of halogens is 3. The third-order valence-electron chi connectivity index (χ3n) is 2.87. The summed E-state index contributed by atoms with van der Waals surface area (Å²) in [6.45, 7) is 0. The quantitative estimate of drug-likeness (QED) is 0.718. The predicted octanol–water partition coefficient (Wildman–Crippen LogP) is 2.96. The van der Waals surface area contributed by atoms with E-state index in [1.54, 1.807) is 0 Å². The van der Waals surface area contributed by atoms with Crippen LogP contribution < -0.4 is 4.74 Å². The molecule has 0 unspecified atom stereocenters. The van der Waals surface area contributed by atoms with E-state index in [1.807, 2.05) is 0 Å². The Balaban J connectivity index is 2.07. The normalized spacial score (nSPS) is 11.8. The van der Waals surface area contributed by atoms with Crippen LogP contribution in [0.1, 0.15) is 0 Å². The first-order valence-corrected chi connectivity index (χ1v) is 8.36. The van der Waals surface area contributed by atoms with Gasteiger partial charge in [-0.2, -0.15) is 0 Å². The second kappa shape index (κ2) is 5.43. The largest absolute Gasteiger partial charge is 0.433 e. The first-order valence-electron chi connectivity index (χ1n) is 6.14. The van der Waals surface area contributed by atoms with Crippen LogP contribution >= 0.6 is 11.6 Å². The van der Waals surface area contributed by atoms with Gasteiger partial charge in [0.1, 0.15) is 11.3 Å². The zero-order valence-corrected chi connectivity index (χ0v) is 13.1. The van der Waals surface area contributed by atoms with Crippen molar-refractivity contribution in [1.82, 2.24) is 13.9 Å². The summed E-state index contributed by atoms with van der Waals surface area (Å²) >= 11 is 5.91. The van der Waals surface area contributed by atoms with Gasteiger partial charge in [0.2, 0.25) is 10.0 Å². The molecule has 0 amide bonds. The molecular formula is C13H8ClF2N3O3S. The van der Waals surface area contributed by atoms with Crippen LogP contribution in [-0.4, -0.2) is 28.6 Å². The smallest absolute Gasteiger partial charge is 0.258 e. The van der Waals surface area contributed by atoms with Crippen molar-refractivity contribution in [3.05, 3.63) is 47.2 Å². The van der Waals surface area contributed by atoms with Crippen LogP contribution in [0.3, 0.4) is 0 Å². The molecule has 0 aliphatic carbocycles. The van der Waals surface area contributed by atoms with E-state index in [4.69, 9.17) is 16.3 Å². The molecule has 0 bridgehead atoms. The highest BCUT2D eigenvalue weighted by molar-refractivity contribution is 7.89. The van der Waals surface area contributed by atoms with Gasteiger partial charge in [0.25, 0.3) is 5.88 Å². The minimum Gasteiger partial charge on any atom is -0.433 e. The minimum absolute atomic E-state index is 0.0180. The van der Waals surface area contributed by atoms with Gasteiger partial charge in [-0.1, -0.05) is 11.6 Å². The van der Waals surface area contributed by atoms with Gasteiger partial charge in [0.15, 0.2) is 22.4 Å². The Morgan fingerprint density at radius 3 is 2.61 bits per heavy atom. The molecule has 2 aromatic heterocycles. The SMILES string of the molecule is CS(=O)(=O)n1ccc2nc(Oc3ccc(F)cc3F)c(Cl)nc21. The highest BCUT2D eigenvalue weighted by atomic mass is 35.5. The second-order valence-corrected chi connectivity index (χ2v) is 6.80. The summed E-state index contributed by atoms with van der Waals surface area (Å²) in [4.78, 5) is 7.92. The highest BCUT2D eigenvalue weighted by Crippen LogP contribution is 2.30. The molecule has 23 heavy (non-hydrogen) atoms. The van der Waals surface area contributed by atoms with Crippen molar-refractivity contribution in [2.75, 3.05) is 6.26 Å². The monoisotopic (exact) mass is 359 g/mol. The van der Waals surface area contributed by atoms with E-state index in [0.29, 0.717) is 6.07 Å². The molecule has 0 aliphatic rings. The van der Waals surface area contributed by atoms with Crippen molar-refractivity contribution in [1.29, 1.82) is 0 Å². The number of nitrogens with zero attached hydrogens (tertiary/aromatic N) is 3. The molecule has 120 valence electrons. The topological polar surface area (TPSA) is 74.1 Å². The lowest BCUT2D eigenvalue weighted by atomic mass is 10.3. The van der Waals surface area contributed by atoms with E-state index < -0.39 is 21.7 Å². The molecule has 0 saturated carbocycles. The van der Waals surface area contributed by atoms with Gasteiger partial charge in [0, 0.05) is 12.3 Å². The number of ether oxygens (including phenoxy) is 1. The van der Waals surface area contributed by atoms with Gasteiger partial charge < -0.3 is 4.74 Å². The van der Waals surface area contributed by atoms with E-state index in [-0.39, 0.29) is 27.9 Å². The third kappa shape index (κ3) is 2.97. The van der Waals surface area contributed by atoms with Gasteiger partial charge in [-0.25, -0.2) is 31.1 Å². The fourth-order valence-electron chi connectivity index (χ4n) is 1.88. The summed E-state index contributed by atoms with van der Waals surface area (Å²) in [7, 11) is -3.57. The van der Waals surface area contributed by atoms with E-state index in [0.717, 1.165) is 22.4 Å². The number of hydrogen-bond acceptors (Lipinski definition) is 5. The maximum absolute atomic E-state index is 13.6. The molecule has 3 aromatic rings. The summed E-state index contributed by atoms with van der Waals surface area (Å²) < 4.78 is 55.8. The van der Waals surface area contributed by atoms with Crippen molar-refractivity contribution in [2.45, 2.75) is 0 Å². The fraction of sp³-hybridized carbons (Fsp3) is 0.0769. The molecule has 1 aromatic carbocycles. The van der Waals surface area contributed by atoms with Crippen molar-refractivity contribution < 1.29 is 21.9 Å². The minimum atomic E-state index is -3.57. The van der Waals surface area contributed by atoms with Crippen LogP contribution in [0, 0.1) is 11.6 Å². The van der Waals surface area contributed by atoms with Crippen LogP contribution in [-0.2, 0) is 10.0 Å². The van der Waals surface area contributed by atoms with Crippen molar-refractivity contribution in [3.8, 4) is 11.6 Å².